The Morgan fingerprint density at radius 1 is 1.50 bits per heavy atom. The molecule has 1 aliphatic heterocycles. The molecule has 2 rings (SSSR count). The van der Waals surface area contributed by atoms with Crippen LogP contribution in [-0.4, -0.2) is 18.2 Å². The molecule has 0 spiro atoms. The van der Waals surface area contributed by atoms with Crippen molar-refractivity contribution < 1.29 is 4.39 Å². The maximum Gasteiger partial charge on any atom is 0.173 e. The topological polar surface area (TPSA) is 15.3 Å². The average molecular weight is 231 g/mol. The molecule has 1 heterocycles. The van der Waals surface area contributed by atoms with E-state index in [1.54, 1.807) is 12.1 Å². The van der Waals surface area contributed by atoms with Gasteiger partial charge in [-0.25, -0.2) is 4.39 Å². The quantitative estimate of drug-likeness (QED) is 0.745. The molecule has 1 N–H and O–H groups in total. The van der Waals surface area contributed by atoms with Crippen LogP contribution in [0.15, 0.2) is 18.2 Å². The lowest BCUT2D eigenvalue weighted by atomic mass is 10.3. The summed E-state index contributed by atoms with van der Waals surface area (Å²) >= 11 is 10.8. The number of thiocarbonyl (C=S) groups is 1. The summed E-state index contributed by atoms with van der Waals surface area (Å²) < 4.78 is 12.9. The number of anilines is 1. The Balaban J connectivity index is 2.32. The molecule has 1 fully saturated rings. The Morgan fingerprint density at radius 3 is 2.86 bits per heavy atom. The van der Waals surface area contributed by atoms with Crippen molar-refractivity contribution in [3.8, 4) is 0 Å². The van der Waals surface area contributed by atoms with Crippen LogP contribution in [0.4, 0.5) is 10.1 Å². The summed E-state index contributed by atoms with van der Waals surface area (Å²) in [7, 11) is 0. The number of benzene rings is 1. The van der Waals surface area contributed by atoms with Gasteiger partial charge in [-0.15, -0.1) is 0 Å². The minimum absolute atomic E-state index is 0.122. The number of rotatable bonds is 1. The van der Waals surface area contributed by atoms with Gasteiger partial charge in [0.1, 0.15) is 5.82 Å². The molecule has 74 valence electrons. The molecule has 0 saturated carbocycles. The predicted molar refractivity (Wildman–Crippen MR) is 59.4 cm³/mol. The molecule has 1 saturated heterocycles. The van der Waals surface area contributed by atoms with Crippen molar-refractivity contribution in [1.29, 1.82) is 0 Å². The molecule has 0 aliphatic carbocycles. The second kappa shape index (κ2) is 3.71. The summed E-state index contributed by atoms with van der Waals surface area (Å²) in [6.45, 7) is 1.61. The standard InChI is InChI=1S/C9H8ClFN2S/c10-7-5-6(1-2-8(7)11)13-4-3-12-9(13)14/h1-2,5H,3-4H2,(H,12,14). The van der Waals surface area contributed by atoms with Crippen LogP contribution in [-0.2, 0) is 0 Å². The summed E-state index contributed by atoms with van der Waals surface area (Å²) in [4.78, 5) is 1.89. The Morgan fingerprint density at radius 2 is 2.29 bits per heavy atom. The van der Waals surface area contributed by atoms with Gasteiger partial charge in [0.15, 0.2) is 5.11 Å². The zero-order valence-corrected chi connectivity index (χ0v) is 8.83. The summed E-state index contributed by atoms with van der Waals surface area (Å²) in [5.41, 5.74) is 0.825. The normalized spacial score (nSPS) is 15.9. The molecule has 5 heteroatoms. The first kappa shape index (κ1) is 9.68. The Kier molecular flexibility index (Phi) is 2.56. The maximum absolute atomic E-state index is 12.9. The van der Waals surface area contributed by atoms with Crippen LogP contribution in [0.2, 0.25) is 5.02 Å². The van der Waals surface area contributed by atoms with E-state index >= 15 is 0 Å². The van der Waals surface area contributed by atoms with Crippen molar-refractivity contribution in [3.63, 3.8) is 0 Å². The molecule has 14 heavy (non-hydrogen) atoms. The van der Waals surface area contributed by atoms with E-state index in [1.165, 1.54) is 6.07 Å². The van der Waals surface area contributed by atoms with Gasteiger partial charge in [0, 0.05) is 18.8 Å². The first-order chi connectivity index (χ1) is 6.68. The molecule has 0 aromatic heterocycles. The molecule has 0 unspecified atom stereocenters. The number of hydrogen-bond donors (Lipinski definition) is 1. The van der Waals surface area contributed by atoms with Crippen LogP contribution in [0.3, 0.4) is 0 Å². The molecule has 0 amide bonds. The van der Waals surface area contributed by atoms with Crippen LogP contribution in [0.25, 0.3) is 0 Å². The van der Waals surface area contributed by atoms with E-state index in [4.69, 9.17) is 23.8 Å². The minimum atomic E-state index is -0.409. The van der Waals surface area contributed by atoms with Gasteiger partial charge in [-0.05, 0) is 30.4 Å². The summed E-state index contributed by atoms with van der Waals surface area (Å²) in [6, 6.07) is 4.59. The number of hydrogen-bond acceptors (Lipinski definition) is 1. The van der Waals surface area contributed by atoms with Crippen molar-refractivity contribution >= 4 is 34.6 Å². The lowest BCUT2D eigenvalue weighted by Gasteiger charge is -2.16. The van der Waals surface area contributed by atoms with E-state index in [0.29, 0.717) is 5.11 Å². The van der Waals surface area contributed by atoms with E-state index in [-0.39, 0.29) is 5.02 Å². The molecule has 1 aromatic rings. The van der Waals surface area contributed by atoms with Gasteiger partial charge >= 0.3 is 0 Å². The molecule has 1 aromatic carbocycles. The highest BCUT2D eigenvalue weighted by atomic mass is 35.5. The Hall–Kier alpha value is -0.870. The molecule has 0 radical (unpaired) electrons. The van der Waals surface area contributed by atoms with Crippen LogP contribution in [0, 0.1) is 5.82 Å². The van der Waals surface area contributed by atoms with Crippen LogP contribution >= 0.6 is 23.8 Å². The average Bonchev–Trinajstić information content (AvgIpc) is 2.57. The second-order valence-corrected chi connectivity index (χ2v) is 3.78. The highest BCUT2D eigenvalue weighted by Crippen LogP contribution is 2.23. The highest BCUT2D eigenvalue weighted by molar-refractivity contribution is 7.80. The predicted octanol–water partition coefficient (Wildman–Crippen LogP) is 2.17. The Labute approximate surface area is 91.7 Å². The third-order valence-electron chi connectivity index (χ3n) is 2.07. The third kappa shape index (κ3) is 1.67. The largest absolute Gasteiger partial charge is 0.360 e. The van der Waals surface area contributed by atoms with Gasteiger partial charge in [-0.1, -0.05) is 11.6 Å². The Bertz CT molecular complexity index is 383. The zero-order valence-electron chi connectivity index (χ0n) is 7.26. The second-order valence-electron chi connectivity index (χ2n) is 2.98. The molecule has 0 bridgehead atoms. The fourth-order valence-corrected chi connectivity index (χ4v) is 1.84. The van der Waals surface area contributed by atoms with Crippen molar-refractivity contribution in [3.05, 3.63) is 29.0 Å². The first-order valence-electron chi connectivity index (χ1n) is 4.19. The van der Waals surface area contributed by atoms with Crippen molar-refractivity contribution in [1.82, 2.24) is 5.32 Å². The summed E-state index contributed by atoms with van der Waals surface area (Å²) in [5, 5.41) is 3.80. The SMILES string of the molecule is Fc1ccc(N2CCNC2=S)cc1Cl. The number of nitrogens with one attached hydrogen (secondary N) is 1. The van der Waals surface area contributed by atoms with Crippen LogP contribution in [0.1, 0.15) is 0 Å². The van der Waals surface area contributed by atoms with E-state index in [1.807, 2.05) is 4.90 Å². The summed E-state index contributed by atoms with van der Waals surface area (Å²) in [5.74, 6) is -0.409. The monoisotopic (exact) mass is 230 g/mol. The third-order valence-corrected chi connectivity index (χ3v) is 2.73. The maximum atomic E-state index is 12.9. The summed E-state index contributed by atoms with van der Waals surface area (Å²) in [6.07, 6.45) is 0. The fourth-order valence-electron chi connectivity index (χ4n) is 1.37. The van der Waals surface area contributed by atoms with E-state index < -0.39 is 5.82 Å². The smallest absolute Gasteiger partial charge is 0.173 e. The van der Waals surface area contributed by atoms with Gasteiger partial charge in [-0.3, -0.25) is 0 Å². The fraction of sp³-hybridized carbons (Fsp3) is 0.222. The number of halogens is 2. The lowest BCUT2D eigenvalue weighted by molar-refractivity contribution is 0.628. The van der Waals surface area contributed by atoms with Gasteiger partial charge in [-0.2, -0.15) is 0 Å². The van der Waals surface area contributed by atoms with Crippen molar-refractivity contribution in [2.45, 2.75) is 0 Å². The van der Waals surface area contributed by atoms with Gasteiger partial charge < -0.3 is 10.2 Å². The van der Waals surface area contributed by atoms with Crippen LogP contribution < -0.4 is 10.2 Å². The highest BCUT2D eigenvalue weighted by Gasteiger charge is 2.18. The van der Waals surface area contributed by atoms with E-state index in [0.717, 1.165) is 18.8 Å². The van der Waals surface area contributed by atoms with Gasteiger partial charge in [0.25, 0.3) is 0 Å². The van der Waals surface area contributed by atoms with Crippen molar-refractivity contribution in [2.24, 2.45) is 0 Å². The first-order valence-corrected chi connectivity index (χ1v) is 4.97. The molecular formula is C9H8ClFN2S. The molecular weight excluding hydrogens is 223 g/mol. The molecule has 2 nitrogen and oxygen atoms in total. The number of nitrogens with zero attached hydrogens (tertiary/aromatic N) is 1. The zero-order chi connectivity index (χ0) is 10.1. The molecule has 0 atom stereocenters. The van der Waals surface area contributed by atoms with Crippen LogP contribution in [0.5, 0.6) is 0 Å². The van der Waals surface area contributed by atoms with Gasteiger partial charge in [0.2, 0.25) is 0 Å². The molecule has 1 aliphatic rings. The van der Waals surface area contributed by atoms with Crippen molar-refractivity contribution in [2.75, 3.05) is 18.0 Å². The van der Waals surface area contributed by atoms with Gasteiger partial charge in [0.05, 0.1) is 5.02 Å². The minimum Gasteiger partial charge on any atom is -0.360 e. The lowest BCUT2D eigenvalue weighted by Crippen LogP contribution is -2.27. The van der Waals surface area contributed by atoms with E-state index in [2.05, 4.69) is 5.32 Å². The van der Waals surface area contributed by atoms with E-state index in [9.17, 15) is 4.39 Å².